The van der Waals surface area contributed by atoms with Gasteiger partial charge in [-0.15, -0.1) is 0 Å². The van der Waals surface area contributed by atoms with Crippen molar-refractivity contribution in [2.24, 2.45) is 0 Å². The summed E-state index contributed by atoms with van der Waals surface area (Å²) < 4.78 is 0. The summed E-state index contributed by atoms with van der Waals surface area (Å²) in [6.45, 7) is 6.26. The van der Waals surface area contributed by atoms with E-state index >= 15 is 0 Å². The van der Waals surface area contributed by atoms with Gasteiger partial charge in [-0.2, -0.15) is 0 Å². The van der Waals surface area contributed by atoms with E-state index in [4.69, 9.17) is 0 Å². The van der Waals surface area contributed by atoms with Gasteiger partial charge in [-0.1, -0.05) is 26.2 Å². The molecule has 1 fully saturated rings. The first-order chi connectivity index (χ1) is 10.6. The lowest BCUT2D eigenvalue weighted by Crippen LogP contribution is -2.51. The molecule has 2 rings (SSSR count). The average molecular weight is 307 g/mol. The molecule has 2 aliphatic heterocycles. The van der Waals surface area contributed by atoms with Crippen LogP contribution in [0.25, 0.3) is 0 Å². The fourth-order valence-corrected chi connectivity index (χ4v) is 2.81. The predicted molar refractivity (Wildman–Crippen MR) is 83.0 cm³/mol. The second-order valence-electron chi connectivity index (χ2n) is 5.88. The van der Waals surface area contributed by atoms with Crippen molar-refractivity contribution in [3.8, 4) is 0 Å². The average Bonchev–Trinajstić information content (AvgIpc) is 2.84. The second-order valence-corrected chi connectivity index (χ2v) is 5.88. The minimum absolute atomic E-state index is 0.138. The lowest BCUT2D eigenvalue weighted by Gasteiger charge is -2.35. The molecular weight excluding hydrogens is 282 g/mol. The standard InChI is InChI=1S/C16H25N3O3/c1-2-3-4-5-8-17-9-11-18(12-10-17)16(22)13-19-14(20)6-7-15(19)21/h6-7H,2-5,8-13H2,1H3. The second kappa shape index (κ2) is 8.08. The predicted octanol–water partition coefficient (Wildman–Crippen LogP) is 0.636. The van der Waals surface area contributed by atoms with E-state index in [-0.39, 0.29) is 12.5 Å². The zero-order valence-electron chi connectivity index (χ0n) is 13.3. The van der Waals surface area contributed by atoms with Crippen LogP contribution in [0, 0.1) is 0 Å². The van der Waals surface area contributed by atoms with Gasteiger partial charge in [0.15, 0.2) is 0 Å². The highest BCUT2D eigenvalue weighted by atomic mass is 16.2. The molecule has 0 atom stereocenters. The van der Waals surface area contributed by atoms with Crippen LogP contribution in [0.1, 0.15) is 32.6 Å². The molecule has 0 aromatic rings. The minimum atomic E-state index is -0.395. The van der Waals surface area contributed by atoms with Crippen LogP contribution in [0.3, 0.4) is 0 Å². The van der Waals surface area contributed by atoms with Gasteiger partial charge in [-0.3, -0.25) is 24.2 Å². The summed E-state index contributed by atoms with van der Waals surface area (Å²) >= 11 is 0. The zero-order valence-corrected chi connectivity index (χ0v) is 13.3. The lowest BCUT2D eigenvalue weighted by molar-refractivity contribution is -0.145. The monoisotopic (exact) mass is 307 g/mol. The normalized spacial score (nSPS) is 19.3. The van der Waals surface area contributed by atoms with E-state index in [1.54, 1.807) is 4.90 Å². The molecule has 0 saturated carbocycles. The summed E-state index contributed by atoms with van der Waals surface area (Å²) in [7, 11) is 0. The number of rotatable bonds is 7. The molecule has 2 heterocycles. The highest BCUT2D eigenvalue weighted by molar-refractivity contribution is 6.14. The van der Waals surface area contributed by atoms with Crippen molar-refractivity contribution in [2.45, 2.75) is 32.6 Å². The van der Waals surface area contributed by atoms with Crippen molar-refractivity contribution >= 4 is 17.7 Å². The number of nitrogens with zero attached hydrogens (tertiary/aromatic N) is 3. The number of carbonyl (C=O) groups is 3. The molecule has 6 nitrogen and oxygen atoms in total. The summed E-state index contributed by atoms with van der Waals surface area (Å²) in [5.74, 6) is -0.933. The molecule has 0 radical (unpaired) electrons. The van der Waals surface area contributed by atoms with Gasteiger partial charge in [0.2, 0.25) is 5.91 Å². The van der Waals surface area contributed by atoms with E-state index < -0.39 is 11.8 Å². The van der Waals surface area contributed by atoms with Crippen molar-refractivity contribution in [2.75, 3.05) is 39.3 Å². The minimum Gasteiger partial charge on any atom is -0.339 e. The first-order valence-electron chi connectivity index (χ1n) is 8.15. The van der Waals surface area contributed by atoms with Crippen LogP contribution in [-0.4, -0.2) is 71.7 Å². The third-order valence-corrected chi connectivity index (χ3v) is 4.25. The number of piperazine rings is 1. The van der Waals surface area contributed by atoms with E-state index in [0.29, 0.717) is 13.1 Å². The van der Waals surface area contributed by atoms with Crippen LogP contribution in [0.15, 0.2) is 12.2 Å². The molecular formula is C16H25N3O3. The van der Waals surface area contributed by atoms with Crippen LogP contribution >= 0.6 is 0 Å². The molecule has 0 spiro atoms. The van der Waals surface area contributed by atoms with Gasteiger partial charge in [0.05, 0.1) is 0 Å². The number of imide groups is 1. The lowest BCUT2D eigenvalue weighted by atomic mass is 10.2. The Labute approximate surface area is 131 Å². The van der Waals surface area contributed by atoms with Crippen molar-refractivity contribution in [3.05, 3.63) is 12.2 Å². The van der Waals surface area contributed by atoms with Crippen LogP contribution in [0.2, 0.25) is 0 Å². The molecule has 0 N–H and O–H groups in total. The summed E-state index contributed by atoms with van der Waals surface area (Å²) in [5.41, 5.74) is 0. The van der Waals surface area contributed by atoms with E-state index in [2.05, 4.69) is 11.8 Å². The zero-order chi connectivity index (χ0) is 15.9. The fraction of sp³-hybridized carbons (Fsp3) is 0.688. The van der Waals surface area contributed by atoms with Crippen LogP contribution < -0.4 is 0 Å². The van der Waals surface area contributed by atoms with E-state index in [9.17, 15) is 14.4 Å². The largest absolute Gasteiger partial charge is 0.339 e. The Hall–Kier alpha value is -1.69. The van der Waals surface area contributed by atoms with Gasteiger partial charge in [-0.25, -0.2) is 0 Å². The number of amides is 3. The Balaban J connectivity index is 1.69. The quantitative estimate of drug-likeness (QED) is 0.511. The molecule has 1 saturated heterocycles. The molecule has 6 heteroatoms. The molecule has 0 aromatic heterocycles. The third kappa shape index (κ3) is 4.40. The van der Waals surface area contributed by atoms with Gasteiger partial charge in [0.25, 0.3) is 11.8 Å². The fourth-order valence-electron chi connectivity index (χ4n) is 2.81. The maximum atomic E-state index is 12.2. The van der Waals surface area contributed by atoms with Crippen LogP contribution in [-0.2, 0) is 14.4 Å². The van der Waals surface area contributed by atoms with Gasteiger partial charge in [-0.05, 0) is 13.0 Å². The van der Waals surface area contributed by atoms with Crippen LogP contribution in [0.5, 0.6) is 0 Å². The number of hydrogen-bond acceptors (Lipinski definition) is 4. The molecule has 2 aliphatic rings. The van der Waals surface area contributed by atoms with Gasteiger partial charge < -0.3 is 4.90 Å². The first kappa shape index (κ1) is 16.7. The Morgan fingerprint density at radius 2 is 1.64 bits per heavy atom. The number of unbranched alkanes of at least 4 members (excludes halogenated alkanes) is 3. The summed E-state index contributed by atoms with van der Waals surface area (Å²) in [5, 5.41) is 0. The summed E-state index contributed by atoms with van der Waals surface area (Å²) in [4.78, 5) is 40.2. The molecule has 0 aromatic carbocycles. The summed E-state index contributed by atoms with van der Waals surface area (Å²) in [6.07, 6.45) is 7.43. The SMILES string of the molecule is CCCCCCN1CCN(C(=O)CN2C(=O)C=CC2=O)CC1. The topological polar surface area (TPSA) is 60.9 Å². The molecule has 22 heavy (non-hydrogen) atoms. The number of hydrogen-bond donors (Lipinski definition) is 0. The Morgan fingerprint density at radius 1 is 1.00 bits per heavy atom. The van der Waals surface area contributed by atoms with E-state index in [0.717, 1.165) is 24.5 Å². The number of carbonyl (C=O) groups excluding carboxylic acids is 3. The Morgan fingerprint density at radius 3 is 2.23 bits per heavy atom. The summed E-state index contributed by atoms with van der Waals surface area (Å²) in [6, 6.07) is 0. The maximum Gasteiger partial charge on any atom is 0.254 e. The van der Waals surface area contributed by atoms with Crippen molar-refractivity contribution < 1.29 is 14.4 Å². The van der Waals surface area contributed by atoms with E-state index in [1.807, 2.05) is 0 Å². The van der Waals surface area contributed by atoms with Gasteiger partial charge in [0, 0.05) is 38.3 Å². The first-order valence-corrected chi connectivity index (χ1v) is 8.15. The Kier molecular flexibility index (Phi) is 6.12. The molecule has 122 valence electrons. The molecule has 0 aliphatic carbocycles. The highest BCUT2D eigenvalue weighted by Gasteiger charge is 2.29. The van der Waals surface area contributed by atoms with Crippen LogP contribution in [0.4, 0.5) is 0 Å². The Bertz CT molecular complexity index is 436. The highest BCUT2D eigenvalue weighted by Crippen LogP contribution is 2.08. The van der Waals surface area contributed by atoms with Crippen molar-refractivity contribution in [1.82, 2.24) is 14.7 Å². The van der Waals surface area contributed by atoms with Gasteiger partial charge >= 0.3 is 0 Å². The molecule has 0 unspecified atom stereocenters. The molecule has 3 amide bonds. The van der Waals surface area contributed by atoms with Crippen molar-refractivity contribution in [3.63, 3.8) is 0 Å². The smallest absolute Gasteiger partial charge is 0.254 e. The third-order valence-electron chi connectivity index (χ3n) is 4.25. The maximum absolute atomic E-state index is 12.2. The van der Waals surface area contributed by atoms with Crippen molar-refractivity contribution in [1.29, 1.82) is 0 Å². The van der Waals surface area contributed by atoms with Gasteiger partial charge in [0.1, 0.15) is 6.54 Å². The van der Waals surface area contributed by atoms with E-state index in [1.165, 1.54) is 37.8 Å². The molecule has 0 bridgehead atoms.